The molecule has 664 valence electrons. The molecule has 141 heavy (non-hydrogen) atoms. The molecule has 9 heteroatoms. The molecular formula is C132H88N6O3. The molecule has 0 saturated carbocycles. The number of furan rings is 3. The van der Waals surface area contributed by atoms with Crippen LogP contribution in [0.4, 0.5) is 51.2 Å². The topological polar surface area (TPSA) is 63.9 Å². The summed E-state index contributed by atoms with van der Waals surface area (Å²) in [5.74, 6) is 0. The highest BCUT2D eigenvalue weighted by Gasteiger charge is 2.26. The van der Waals surface area contributed by atoms with Crippen LogP contribution in [-0.4, -0.2) is 13.7 Å². The number of hydrogen-bond donors (Lipinski definition) is 0. The van der Waals surface area contributed by atoms with E-state index in [1.54, 1.807) is 0 Å². The maximum absolute atomic E-state index is 6.58. The molecule has 6 heterocycles. The van der Waals surface area contributed by atoms with Gasteiger partial charge in [0.15, 0.2) is 16.7 Å². The van der Waals surface area contributed by atoms with Gasteiger partial charge >= 0.3 is 0 Å². The summed E-state index contributed by atoms with van der Waals surface area (Å²) in [7, 11) is 0. The van der Waals surface area contributed by atoms with Gasteiger partial charge in [-0.3, -0.25) is 0 Å². The minimum absolute atomic E-state index is 0.866. The Morgan fingerprint density at radius 1 is 0.135 bits per heavy atom. The van der Waals surface area contributed by atoms with Crippen LogP contribution < -0.4 is 14.7 Å². The predicted molar refractivity (Wildman–Crippen MR) is 590 cm³/mol. The van der Waals surface area contributed by atoms with Crippen molar-refractivity contribution in [2.75, 3.05) is 14.7 Å². The second-order valence-corrected chi connectivity index (χ2v) is 35.7. The predicted octanol–water partition coefficient (Wildman–Crippen LogP) is 37.1. The molecule has 0 saturated heterocycles. The molecule has 0 atom stereocenters. The van der Waals surface area contributed by atoms with Gasteiger partial charge in [-0.1, -0.05) is 352 Å². The minimum Gasteiger partial charge on any atom is -0.454 e. The summed E-state index contributed by atoms with van der Waals surface area (Å²) in [5.41, 5.74) is 34.8. The van der Waals surface area contributed by atoms with Gasteiger partial charge in [0.05, 0.1) is 50.2 Å². The number of rotatable bonds is 16. The fraction of sp³-hybridized carbons (Fsp3) is 0. The van der Waals surface area contributed by atoms with Crippen LogP contribution in [0.15, 0.2) is 547 Å². The van der Waals surface area contributed by atoms with Crippen LogP contribution in [0.3, 0.4) is 0 Å². The zero-order chi connectivity index (χ0) is 93.2. The summed E-state index contributed by atoms with van der Waals surface area (Å²) in [6, 6.07) is 189. The molecule has 0 amide bonds. The van der Waals surface area contributed by atoms with Crippen molar-refractivity contribution >= 4 is 182 Å². The first-order chi connectivity index (χ1) is 70.0. The fourth-order valence-electron chi connectivity index (χ4n) is 21.0. The van der Waals surface area contributed by atoms with Crippen LogP contribution in [0, 0.1) is 0 Å². The monoisotopic (exact) mass is 1800 g/mol. The van der Waals surface area contributed by atoms with Crippen LogP contribution in [0.5, 0.6) is 0 Å². The van der Waals surface area contributed by atoms with Gasteiger partial charge in [0, 0.05) is 116 Å². The van der Waals surface area contributed by atoms with Gasteiger partial charge < -0.3 is 41.7 Å². The van der Waals surface area contributed by atoms with Crippen molar-refractivity contribution in [2.24, 2.45) is 0 Å². The number of anilines is 9. The zero-order valence-electron chi connectivity index (χ0n) is 76.7. The molecular weight excluding hydrogens is 1720 g/mol. The molecule has 0 spiro atoms. The van der Waals surface area contributed by atoms with E-state index >= 15 is 0 Å². The molecule has 0 bridgehead atoms. The molecule has 0 aliphatic carbocycles. The van der Waals surface area contributed by atoms with Crippen molar-refractivity contribution in [3.05, 3.63) is 534 Å². The normalized spacial score (nSPS) is 11.5. The van der Waals surface area contributed by atoms with Crippen LogP contribution in [0.2, 0.25) is 0 Å². The van der Waals surface area contributed by atoms with E-state index in [0.717, 1.165) is 140 Å². The first kappa shape index (κ1) is 82.7. The van der Waals surface area contributed by atoms with Crippen LogP contribution in [0.25, 0.3) is 193 Å². The van der Waals surface area contributed by atoms with E-state index in [-0.39, 0.29) is 0 Å². The van der Waals surface area contributed by atoms with Crippen LogP contribution in [-0.2, 0) is 0 Å². The molecule has 0 fully saturated rings. The Kier molecular flexibility index (Phi) is 20.7. The van der Waals surface area contributed by atoms with Crippen LogP contribution in [0.1, 0.15) is 0 Å². The van der Waals surface area contributed by atoms with E-state index < -0.39 is 0 Å². The van der Waals surface area contributed by atoms with Crippen molar-refractivity contribution in [1.82, 2.24) is 13.7 Å². The van der Waals surface area contributed by atoms with Crippen LogP contribution >= 0.6 is 0 Å². The van der Waals surface area contributed by atoms with Crippen molar-refractivity contribution in [3.63, 3.8) is 0 Å². The summed E-state index contributed by atoms with van der Waals surface area (Å²) in [6.45, 7) is 0. The van der Waals surface area contributed by atoms with Crippen molar-refractivity contribution in [1.29, 1.82) is 0 Å². The summed E-state index contributed by atoms with van der Waals surface area (Å²) >= 11 is 0. The summed E-state index contributed by atoms with van der Waals surface area (Å²) in [4.78, 5) is 6.89. The van der Waals surface area contributed by atoms with E-state index in [1.165, 1.54) is 104 Å². The Morgan fingerprint density at radius 2 is 0.340 bits per heavy atom. The summed E-state index contributed by atoms with van der Waals surface area (Å²) < 4.78 is 26.7. The van der Waals surface area contributed by atoms with E-state index in [2.05, 4.69) is 526 Å². The van der Waals surface area contributed by atoms with Gasteiger partial charge in [0.25, 0.3) is 0 Å². The summed E-state index contributed by atoms with van der Waals surface area (Å²) in [5, 5.41) is 14.2. The van der Waals surface area contributed by atoms with Crippen molar-refractivity contribution in [2.45, 2.75) is 0 Å². The lowest BCUT2D eigenvalue weighted by molar-refractivity contribution is 0.668. The lowest BCUT2D eigenvalue weighted by atomic mass is 10.00. The first-order valence-electron chi connectivity index (χ1n) is 47.9. The van der Waals surface area contributed by atoms with Gasteiger partial charge in [-0.05, 0) is 226 Å². The Morgan fingerprint density at radius 3 is 0.645 bits per heavy atom. The van der Waals surface area contributed by atoms with Crippen molar-refractivity contribution < 1.29 is 13.3 Å². The number of fused-ring (bicyclic) bond motifs is 18. The SMILES string of the molecule is c1ccc(-c2ccc(-c3ccc(N(c4ccc(-n5c6ccccc6c6ccccc65)cc4)c4cccc5c4oc4ccccc45)cc3)cc2)cc1.c1ccc(-c2ccc(N(c3ccc(-n4c5ccccc5c5ccccc54)cc3)c3cccc4c3oc3ccccc34)cc2)cc1.c1ccc(N(c2ccc(-c3cccc(-n4c5ccccc5c5ccccc54)c3)cc2)c2cccc3c2oc2ccccc23)cc1. The van der Waals surface area contributed by atoms with Crippen molar-refractivity contribution in [3.8, 4) is 61.6 Å². The number of benzene rings is 22. The van der Waals surface area contributed by atoms with Gasteiger partial charge in [0.1, 0.15) is 16.7 Å². The molecule has 28 aromatic rings. The standard InChI is InChI=1S/C48H32N2O.2C42H28N2O/c1-2-11-33(12-3-1)34-21-23-35(24-22-34)36-25-27-37(28-26-36)49(46-19-10-16-43-42-15-6-9-20-47(42)51-48(43)46)38-29-31-39(32-30-38)50-44-17-7-4-13-40(44)41-14-5-8-18-45(41)50;1-2-13-31(14-3-1)43(40-22-11-19-37-36-18-6-9-23-41(36)45-42(37)40)32-26-24-29(25-27-32)30-12-10-15-33(28-30)44-38-20-7-4-16-34(38)35-17-5-8-21-39(35)44;1-2-11-29(12-3-1)30-21-23-31(24-22-30)43(40-19-10-16-37-36-15-6-9-20-41(36)45-42(37)40)32-25-27-33(28-26-32)44-38-17-7-4-13-34(38)35-14-5-8-18-39(35)44/h1-32H;2*1-28H. The highest BCUT2D eigenvalue weighted by atomic mass is 16.3. The second kappa shape index (κ2) is 35.4. The molecule has 0 radical (unpaired) electrons. The molecule has 6 aromatic heterocycles. The van der Waals surface area contributed by atoms with E-state index in [9.17, 15) is 0 Å². The fourth-order valence-corrected chi connectivity index (χ4v) is 21.0. The quantitative estimate of drug-likeness (QED) is 0.0961. The Labute approximate surface area is 813 Å². The lowest BCUT2D eigenvalue weighted by Gasteiger charge is -2.26. The number of para-hydroxylation sites is 13. The molecule has 0 N–H and O–H groups in total. The number of aromatic nitrogens is 3. The summed E-state index contributed by atoms with van der Waals surface area (Å²) in [6.07, 6.45) is 0. The third-order valence-corrected chi connectivity index (χ3v) is 27.6. The lowest BCUT2D eigenvalue weighted by Crippen LogP contribution is -2.10. The highest BCUT2D eigenvalue weighted by molar-refractivity contribution is 6.16. The van der Waals surface area contributed by atoms with Gasteiger partial charge in [0.2, 0.25) is 0 Å². The number of hydrogen-bond acceptors (Lipinski definition) is 6. The highest BCUT2D eigenvalue weighted by Crippen LogP contribution is 2.49. The third kappa shape index (κ3) is 14.8. The van der Waals surface area contributed by atoms with E-state index in [0.29, 0.717) is 0 Å². The molecule has 0 aliphatic heterocycles. The Balaban J connectivity index is 0.000000109. The average Bonchev–Trinajstić information content (AvgIpc) is 1.61. The third-order valence-electron chi connectivity index (χ3n) is 27.6. The molecule has 9 nitrogen and oxygen atoms in total. The average molecular weight is 1810 g/mol. The Hall–Kier alpha value is -19.0. The first-order valence-corrected chi connectivity index (χ1v) is 47.9. The Bertz CT molecular complexity index is 9370. The van der Waals surface area contributed by atoms with Gasteiger partial charge in [-0.15, -0.1) is 0 Å². The second-order valence-electron chi connectivity index (χ2n) is 35.7. The number of nitrogens with zero attached hydrogens (tertiary/aromatic N) is 6. The molecule has 0 unspecified atom stereocenters. The van der Waals surface area contributed by atoms with Gasteiger partial charge in [-0.25, -0.2) is 0 Å². The van der Waals surface area contributed by atoms with E-state index in [1.807, 2.05) is 36.4 Å². The zero-order valence-corrected chi connectivity index (χ0v) is 76.7. The molecule has 0 aliphatic rings. The maximum Gasteiger partial charge on any atom is 0.159 e. The smallest absolute Gasteiger partial charge is 0.159 e. The minimum atomic E-state index is 0.866. The molecule has 22 aromatic carbocycles. The van der Waals surface area contributed by atoms with Gasteiger partial charge in [-0.2, -0.15) is 0 Å². The maximum atomic E-state index is 6.58. The largest absolute Gasteiger partial charge is 0.454 e. The van der Waals surface area contributed by atoms with E-state index in [4.69, 9.17) is 13.3 Å². The molecule has 28 rings (SSSR count).